The fraction of sp³-hybridized carbons (Fsp3) is 0.417. The second kappa shape index (κ2) is 5.54. The third-order valence-electron chi connectivity index (χ3n) is 2.61. The fourth-order valence-electron chi connectivity index (χ4n) is 1.70. The molecule has 2 rings (SSSR count). The average Bonchev–Trinajstić information content (AvgIpc) is 2.85. The number of pyridine rings is 1. The minimum absolute atomic E-state index is 0.170. The Balaban J connectivity index is 1.79. The molecule has 0 spiro atoms. The predicted molar refractivity (Wildman–Crippen MR) is 58.5 cm³/mol. The van der Waals surface area contributed by atoms with Crippen LogP contribution >= 0.6 is 0 Å². The van der Waals surface area contributed by atoms with E-state index in [-0.39, 0.29) is 18.8 Å². The monoisotopic (exact) mass is 235 g/mol. The molecular weight excluding hydrogens is 222 g/mol. The van der Waals surface area contributed by atoms with Crippen LogP contribution in [0.5, 0.6) is 0 Å². The first-order chi connectivity index (χ1) is 8.29. The number of hydrogen-bond acceptors (Lipinski definition) is 5. The van der Waals surface area contributed by atoms with Crippen molar-refractivity contribution in [2.24, 2.45) is 0 Å². The molecule has 5 nitrogen and oxygen atoms in total. The van der Waals surface area contributed by atoms with Gasteiger partial charge in [-0.15, -0.1) is 0 Å². The number of hydrogen-bond donors (Lipinski definition) is 0. The second-order valence-corrected chi connectivity index (χ2v) is 3.84. The van der Waals surface area contributed by atoms with Gasteiger partial charge in [0.1, 0.15) is 19.0 Å². The predicted octanol–water partition coefficient (Wildman–Crippen LogP) is 0.985. The lowest BCUT2D eigenvalue weighted by Crippen LogP contribution is -2.20. The summed E-state index contributed by atoms with van der Waals surface area (Å²) in [5.74, 6) is -0.398. The Kier molecular flexibility index (Phi) is 3.82. The van der Waals surface area contributed by atoms with Crippen molar-refractivity contribution in [3.63, 3.8) is 0 Å². The molecule has 1 aromatic rings. The number of carbonyl (C=O) groups excluding carboxylic acids is 2. The first-order valence-electron chi connectivity index (χ1n) is 5.47. The van der Waals surface area contributed by atoms with E-state index in [1.54, 1.807) is 12.1 Å². The van der Waals surface area contributed by atoms with Gasteiger partial charge >= 0.3 is 5.97 Å². The Bertz CT molecular complexity index is 393. The van der Waals surface area contributed by atoms with Crippen LogP contribution in [-0.2, 0) is 14.3 Å². The lowest BCUT2D eigenvalue weighted by Gasteiger charge is -2.11. The normalized spacial score (nSPS) is 23.3. The summed E-state index contributed by atoms with van der Waals surface area (Å²) in [5, 5.41) is 0. The fourth-order valence-corrected chi connectivity index (χ4v) is 1.70. The molecule has 1 aliphatic heterocycles. The van der Waals surface area contributed by atoms with Crippen molar-refractivity contribution in [3.05, 3.63) is 30.1 Å². The lowest BCUT2D eigenvalue weighted by molar-refractivity contribution is -0.118. The lowest BCUT2D eigenvalue weighted by atomic mass is 10.2. The molecule has 0 radical (unpaired) electrons. The van der Waals surface area contributed by atoms with Crippen molar-refractivity contribution in [2.45, 2.75) is 25.0 Å². The van der Waals surface area contributed by atoms with E-state index < -0.39 is 5.97 Å². The largest absolute Gasteiger partial charge is 0.459 e. The third-order valence-corrected chi connectivity index (χ3v) is 2.61. The average molecular weight is 235 g/mol. The summed E-state index contributed by atoms with van der Waals surface area (Å²) in [6, 6.07) is 3.18. The summed E-state index contributed by atoms with van der Waals surface area (Å²) in [6.45, 7) is 0.186. The second-order valence-electron chi connectivity index (χ2n) is 3.84. The first-order valence-corrected chi connectivity index (χ1v) is 5.47. The van der Waals surface area contributed by atoms with Crippen molar-refractivity contribution in [1.29, 1.82) is 0 Å². The van der Waals surface area contributed by atoms with Crippen molar-refractivity contribution < 1.29 is 19.1 Å². The Hall–Kier alpha value is -1.75. The van der Waals surface area contributed by atoms with Crippen LogP contribution in [0.3, 0.4) is 0 Å². The molecule has 0 saturated carbocycles. The number of esters is 1. The van der Waals surface area contributed by atoms with Crippen LogP contribution in [0, 0.1) is 0 Å². The van der Waals surface area contributed by atoms with Gasteiger partial charge in [0.15, 0.2) is 0 Å². The molecule has 90 valence electrons. The minimum atomic E-state index is -0.398. The quantitative estimate of drug-likeness (QED) is 0.575. The number of carbonyl (C=O) groups is 2. The first kappa shape index (κ1) is 11.7. The van der Waals surface area contributed by atoms with E-state index in [0.717, 1.165) is 12.7 Å². The van der Waals surface area contributed by atoms with Crippen LogP contribution < -0.4 is 0 Å². The van der Waals surface area contributed by atoms with Gasteiger partial charge in [0.25, 0.3) is 0 Å². The highest BCUT2D eigenvalue weighted by molar-refractivity contribution is 5.89. The highest BCUT2D eigenvalue weighted by atomic mass is 16.6. The molecular formula is C12H13NO4. The zero-order valence-corrected chi connectivity index (χ0v) is 9.24. The van der Waals surface area contributed by atoms with E-state index in [1.165, 1.54) is 12.4 Å². The van der Waals surface area contributed by atoms with Crippen LogP contribution in [-0.4, -0.2) is 36.1 Å². The van der Waals surface area contributed by atoms with E-state index in [9.17, 15) is 9.59 Å². The van der Waals surface area contributed by atoms with E-state index in [2.05, 4.69) is 4.98 Å². The number of aromatic nitrogens is 1. The molecule has 5 heteroatoms. The number of nitrogens with zero attached hydrogens (tertiary/aromatic N) is 1. The Morgan fingerprint density at radius 3 is 2.88 bits per heavy atom. The Labute approximate surface area is 98.7 Å². The zero-order valence-electron chi connectivity index (χ0n) is 9.24. The molecule has 17 heavy (non-hydrogen) atoms. The zero-order chi connectivity index (χ0) is 12.1. The van der Waals surface area contributed by atoms with Gasteiger partial charge in [0.2, 0.25) is 0 Å². The van der Waals surface area contributed by atoms with Gasteiger partial charge in [-0.25, -0.2) is 4.79 Å². The molecule has 0 bridgehead atoms. The molecule has 1 saturated heterocycles. The summed E-state index contributed by atoms with van der Waals surface area (Å²) in [6.07, 6.45) is 4.77. The highest BCUT2D eigenvalue weighted by Crippen LogP contribution is 2.18. The van der Waals surface area contributed by atoms with E-state index in [1.807, 2.05) is 0 Å². The Morgan fingerprint density at radius 1 is 1.47 bits per heavy atom. The van der Waals surface area contributed by atoms with E-state index >= 15 is 0 Å². The summed E-state index contributed by atoms with van der Waals surface area (Å²) >= 11 is 0. The van der Waals surface area contributed by atoms with Crippen molar-refractivity contribution in [3.8, 4) is 0 Å². The van der Waals surface area contributed by atoms with Gasteiger partial charge in [-0.2, -0.15) is 0 Å². The maximum atomic E-state index is 11.6. The van der Waals surface area contributed by atoms with Crippen LogP contribution in [0.25, 0.3) is 0 Å². The van der Waals surface area contributed by atoms with Crippen molar-refractivity contribution >= 4 is 12.3 Å². The number of aldehydes is 1. The molecule has 0 aliphatic carbocycles. The standard InChI is InChI=1S/C12H13NO4/c14-7-10-1-2-11(17-10)8-16-12(15)9-3-5-13-6-4-9/h3-7,10-11H,1-2,8H2. The third kappa shape index (κ3) is 3.10. The van der Waals surface area contributed by atoms with Gasteiger partial charge in [-0.1, -0.05) is 0 Å². The number of rotatable bonds is 4. The smallest absolute Gasteiger partial charge is 0.338 e. The molecule has 2 unspecified atom stereocenters. The Morgan fingerprint density at radius 2 is 2.24 bits per heavy atom. The van der Waals surface area contributed by atoms with Gasteiger partial charge in [0.05, 0.1) is 11.7 Å². The highest BCUT2D eigenvalue weighted by Gasteiger charge is 2.25. The summed E-state index contributed by atoms with van der Waals surface area (Å²) in [4.78, 5) is 25.9. The molecule has 2 atom stereocenters. The molecule has 1 fully saturated rings. The van der Waals surface area contributed by atoms with Gasteiger partial charge in [0, 0.05) is 12.4 Å². The van der Waals surface area contributed by atoms with Crippen LogP contribution in [0.1, 0.15) is 23.2 Å². The van der Waals surface area contributed by atoms with Gasteiger partial charge < -0.3 is 14.3 Å². The summed E-state index contributed by atoms with van der Waals surface area (Å²) < 4.78 is 10.4. The molecule has 0 N–H and O–H groups in total. The van der Waals surface area contributed by atoms with Crippen LogP contribution in [0.4, 0.5) is 0 Å². The van der Waals surface area contributed by atoms with E-state index in [4.69, 9.17) is 9.47 Å². The molecule has 0 amide bonds. The molecule has 1 aliphatic rings. The number of ether oxygens (including phenoxy) is 2. The minimum Gasteiger partial charge on any atom is -0.459 e. The SMILES string of the molecule is O=CC1CCC(COC(=O)c2ccncc2)O1. The molecule has 0 aromatic carbocycles. The maximum Gasteiger partial charge on any atom is 0.338 e. The molecule has 1 aromatic heterocycles. The van der Waals surface area contributed by atoms with Gasteiger partial charge in [-0.05, 0) is 25.0 Å². The molecule has 2 heterocycles. The van der Waals surface area contributed by atoms with Crippen LogP contribution in [0.2, 0.25) is 0 Å². The maximum absolute atomic E-state index is 11.6. The topological polar surface area (TPSA) is 65.5 Å². The van der Waals surface area contributed by atoms with E-state index in [0.29, 0.717) is 12.0 Å². The summed E-state index contributed by atoms with van der Waals surface area (Å²) in [7, 11) is 0. The van der Waals surface area contributed by atoms with Crippen molar-refractivity contribution in [1.82, 2.24) is 4.98 Å². The van der Waals surface area contributed by atoms with Crippen molar-refractivity contribution in [2.75, 3.05) is 6.61 Å². The van der Waals surface area contributed by atoms with Crippen LogP contribution in [0.15, 0.2) is 24.5 Å². The summed E-state index contributed by atoms with van der Waals surface area (Å²) in [5.41, 5.74) is 0.463. The van der Waals surface area contributed by atoms with Gasteiger partial charge in [-0.3, -0.25) is 4.98 Å².